The van der Waals surface area contributed by atoms with Crippen molar-refractivity contribution in [3.8, 4) is 0 Å². The minimum Gasteiger partial charge on any atom is -0.303 e. The number of rotatable bonds is 0. The predicted molar refractivity (Wildman–Crippen MR) is 58.6 cm³/mol. The summed E-state index contributed by atoms with van der Waals surface area (Å²) >= 11 is 0. The summed E-state index contributed by atoms with van der Waals surface area (Å²) in [7, 11) is 0. The van der Waals surface area contributed by atoms with Crippen LogP contribution >= 0.6 is 0 Å². The van der Waals surface area contributed by atoms with Gasteiger partial charge in [0.1, 0.15) is 5.78 Å². The number of carbonyl (C=O) groups is 2. The molecule has 0 radical (unpaired) electrons. The molecular weight excluding hydrogens is 207 g/mol. The molecule has 0 bridgehead atoms. The van der Waals surface area contributed by atoms with E-state index in [0.29, 0.717) is 22.3 Å². The molecule has 17 heavy (non-hydrogen) atoms. The van der Waals surface area contributed by atoms with Crippen LogP contribution in [0.25, 0.3) is 0 Å². The number of ketones is 2. The van der Waals surface area contributed by atoms with Crippen molar-refractivity contribution in [1.82, 2.24) is 0 Å². The van der Waals surface area contributed by atoms with Gasteiger partial charge in [-0.1, -0.05) is 35.4 Å². The van der Waals surface area contributed by atoms with Crippen LogP contribution in [0.2, 0.25) is 0 Å². The fraction of sp³-hybridized carbons (Fsp3) is 0. The van der Waals surface area contributed by atoms with E-state index in [2.05, 4.69) is 6.07 Å². The van der Waals surface area contributed by atoms with E-state index >= 15 is 0 Å². The van der Waals surface area contributed by atoms with Gasteiger partial charge >= 0.3 is 18.9 Å². The summed E-state index contributed by atoms with van der Waals surface area (Å²) in [5, 5.41) is 0. The average molecular weight is 214 g/mol. The zero-order valence-electron chi connectivity index (χ0n) is 9.36. The first-order chi connectivity index (χ1) is 7.79. The summed E-state index contributed by atoms with van der Waals surface area (Å²) in [4.78, 5) is 24.2. The van der Waals surface area contributed by atoms with E-state index in [1.165, 1.54) is 0 Å². The van der Waals surface area contributed by atoms with Crippen LogP contribution in [0.15, 0.2) is 42.5 Å². The zero-order valence-corrected chi connectivity index (χ0v) is 9.36. The monoisotopic (exact) mass is 214 g/mol. The molecule has 1 aliphatic rings. The van der Waals surface area contributed by atoms with Crippen LogP contribution in [0.5, 0.6) is 0 Å². The predicted octanol–water partition coefficient (Wildman–Crippen LogP) is -0.734. The Labute approximate surface area is 111 Å². The molecule has 0 saturated heterocycles. The van der Waals surface area contributed by atoms with E-state index in [4.69, 9.17) is 0 Å². The normalized spacial score (nSPS) is 12.5. The number of fused-ring (bicyclic) bond motifs is 2. The molecule has 0 heterocycles. The summed E-state index contributed by atoms with van der Waals surface area (Å²) in [6, 6.07) is 14.6. The summed E-state index contributed by atoms with van der Waals surface area (Å²) in [5.74, 6) is -0.179. The van der Waals surface area contributed by atoms with Gasteiger partial charge in [-0.25, -0.2) is 0 Å². The minimum atomic E-state index is -0.0953. The molecule has 2 aromatic rings. The smallest absolute Gasteiger partial charge is 0.303 e. The molecule has 0 fully saturated rings. The quantitative estimate of drug-likeness (QED) is 0.365. The van der Waals surface area contributed by atoms with E-state index in [9.17, 15) is 9.59 Å². The SMILES string of the molecule is O=C1c2c[c-]ccc2C(=O)c2ccccc21.[Li+]. The van der Waals surface area contributed by atoms with Crippen molar-refractivity contribution in [2.75, 3.05) is 0 Å². The first-order valence-electron chi connectivity index (χ1n) is 4.97. The fourth-order valence-electron chi connectivity index (χ4n) is 1.99. The Hall–Kier alpha value is -1.62. The van der Waals surface area contributed by atoms with E-state index in [-0.39, 0.29) is 30.4 Å². The fourth-order valence-corrected chi connectivity index (χ4v) is 1.99. The number of benzene rings is 2. The van der Waals surface area contributed by atoms with E-state index in [0.717, 1.165) is 0 Å². The molecule has 0 N–H and O–H groups in total. The Morgan fingerprint density at radius 2 is 1.29 bits per heavy atom. The maximum absolute atomic E-state index is 12.1. The molecule has 0 unspecified atom stereocenters. The summed E-state index contributed by atoms with van der Waals surface area (Å²) in [6.45, 7) is 0. The Balaban J connectivity index is 0.00000108. The molecule has 0 saturated carbocycles. The molecule has 3 heteroatoms. The van der Waals surface area contributed by atoms with Crippen molar-refractivity contribution in [2.24, 2.45) is 0 Å². The van der Waals surface area contributed by atoms with Gasteiger partial charge in [0.2, 0.25) is 0 Å². The third kappa shape index (κ3) is 1.66. The van der Waals surface area contributed by atoms with Gasteiger partial charge in [0.25, 0.3) is 0 Å². The molecule has 76 valence electrons. The van der Waals surface area contributed by atoms with Crippen LogP contribution in [0.1, 0.15) is 31.8 Å². The van der Waals surface area contributed by atoms with Gasteiger partial charge in [-0.2, -0.15) is 24.3 Å². The third-order valence-electron chi connectivity index (χ3n) is 2.77. The van der Waals surface area contributed by atoms with Crippen LogP contribution in [0.3, 0.4) is 0 Å². The second-order valence-electron chi connectivity index (χ2n) is 3.68. The van der Waals surface area contributed by atoms with Gasteiger partial charge in [-0.15, -0.1) is 0 Å². The average Bonchev–Trinajstić information content (AvgIpc) is 2.36. The van der Waals surface area contributed by atoms with Gasteiger partial charge in [-0.3, -0.25) is 4.79 Å². The van der Waals surface area contributed by atoms with Crippen molar-refractivity contribution < 1.29 is 28.4 Å². The maximum Gasteiger partial charge on any atom is 1.00 e. The van der Waals surface area contributed by atoms with Crippen molar-refractivity contribution >= 4 is 11.6 Å². The third-order valence-corrected chi connectivity index (χ3v) is 2.77. The van der Waals surface area contributed by atoms with Crippen LogP contribution in [-0.2, 0) is 0 Å². The van der Waals surface area contributed by atoms with Gasteiger partial charge in [-0.05, 0) is 0 Å². The molecule has 0 aromatic heterocycles. The topological polar surface area (TPSA) is 34.1 Å². The van der Waals surface area contributed by atoms with Crippen molar-refractivity contribution in [3.63, 3.8) is 0 Å². The van der Waals surface area contributed by atoms with E-state index in [1.54, 1.807) is 42.5 Å². The first kappa shape index (κ1) is 11.9. The zero-order chi connectivity index (χ0) is 11.1. The van der Waals surface area contributed by atoms with Crippen LogP contribution < -0.4 is 18.9 Å². The molecule has 2 nitrogen and oxygen atoms in total. The maximum atomic E-state index is 12.1. The van der Waals surface area contributed by atoms with Crippen molar-refractivity contribution in [2.45, 2.75) is 0 Å². The Morgan fingerprint density at radius 1 is 0.765 bits per heavy atom. The molecule has 0 atom stereocenters. The number of hydrogen-bond acceptors (Lipinski definition) is 2. The number of carbonyl (C=O) groups excluding carboxylic acids is 2. The number of hydrogen-bond donors (Lipinski definition) is 0. The second kappa shape index (κ2) is 4.33. The molecule has 0 amide bonds. The molecule has 3 rings (SSSR count). The van der Waals surface area contributed by atoms with Crippen LogP contribution in [0.4, 0.5) is 0 Å². The summed E-state index contributed by atoms with van der Waals surface area (Å²) in [5.41, 5.74) is 1.90. The van der Waals surface area contributed by atoms with Crippen molar-refractivity contribution in [1.29, 1.82) is 0 Å². The summed E-state index contributed by atoms with van der Waals surface area (Å²) in [6.07, 6.45) is 0. The van der Waals surface area contributed by atoms with Gasteiger partial charge in [0.05, 0.1) is 0 Å². The van der Waals surface area contributed by atoms with Gasteiger partial charge in [0.15, 0.2) is 5.78 Å². The molecular formula is C14H7LiO2. The second-order valence-corrected chi connectivity index (χ2v) is 3.68. The largest absolute Gasteiger partial charge is 1.00 e. The Kier molecular flexibility index (Phi) is 3.02. The van der Waals surface area contributed by atoms with E-state index < -0.39 is 0 Å². The first-order valence-corrected chi connectivity index (χ1v) is 4.97. The Morgan fingerprint density at radius 3 is 1.94 bits per heavy atom. The molecule has 0 spiro atoms. The standard InChI is InChI=1S/C14H7O2.Li/c15-13-9-5-1-2-6-10(9)14(16)12-8-4-3-7-11(12)13;/h1-3,5-8H;/q-1;+1. The minimum absolute atomic E-state index is 0. The van der Waals surface area contributed by atoms with Gasteiger partial charge in [0, 0.05) is 11.1 Å². The van der Waals surface area contributed by atoms with Crippen LogP contribution in [0, 0.1) is 6.07 Å². The Bertz CT molecular complexity index is 512. The molecule has 2 aromatic carbocycles. The van der Waals surface area contributed by atoms with Gasteiger partial charge < -0.3 is 4.79 Å². The molecule has 0 aliphatic heterocycles. The van der Waals surface area contributed by atoms with E-state index in [1.807, 2.05) is 0 Å². The van der Waals surface area contributed by atoms with Crippen LogP contribution in [-0.4, -0.2) is 11.6 Å². The molecule has 1 aliphatic carbocycles. The van der Waals surface area contributed by atoms with Crippen molar-refractivity contribution in [3.05, 3.63) is 70.8 Å². The summed E-state index contributed by atoms with van der Waals surface area (Å²) < 4.78 is 0.